The van der Waals surface area contributed by atoms with Crippen molar-refractivity contribution in [1.82, 2.24) is 35.2 Å². The summed E-state index contributed by atoms with van der Waals surface area (Å²) in [6, 6.07) is 10.2. The Kier molecular flexibility index (Phi) is 6.95. The summed E-state index contributed by atoms with van der Waals surface area (Å²) in [5, 5.41) is 10.0. The normalized spacial score (nSPS) is 14.1. The molecule has 3 heterocycles. The van der Waals surface area contributed by atoms with Crippen molar-refractivity contribution in [2.75, 3.05) is 6.61 Å². The quantitative estimate of drug-likeness (QED) is 0.212. The molecule has 2 aromatic carbocycles. The Balaban J connectivity index is 1.20. The fraction of sp³-hybridized carbons (Fsp3) is 0.233. The summed E-state index contributed by atoms with van der Waals surface area (Å²) in [4.78, 5) is 51.8. The Morgan fingerprint density at radius 3 is 2.83 bits per heavy atom. The average Bonchev–Trinajstić information content (AvgIpc) is 3.72. The minimum absolute atomic E-state index is 0.0318. The molecule has 0 fully saturated rings. The molecule has 5 aromatic rings. The molecule has 2 amide bonds. The van der Waals surface area contributed by atoms with Crippen LogP contribution in [-0.4, -0.2) is 49.0 Å². The van der Waals surface area contributed by atoms with Gasteiger partial charge in [-0.05, 0) is 60.2 Å². The Morgan fingerprint density at radius 2 is 2.00 bits per heavy atom. The molecule has 0 radical (unpaired) electrons. The van der Waals surface area contributed by atoms with Crippen molar-refractivity contribution in [1.29, 1.82) is 0 Å². The van der Waals surface area contributed by atoms with Gasteiger partial charge >= 0.3 is 5.97 Å². The molecule has 0 saturated carbocycles. The fourth-order valence-corrected chi connectivity index (χ4v) is 5.26. The number of nitrogens with zero attached hydrogens (tertiary/aromatic N) is 5. The maximum Gasteiger partial charge on any atom is 0.338 e. The first-order chi connectivity index (χ1) is 20.3. The SMILES string of the molecule is C=CCOC(=O)c1ccc2c(c1C)CC[C@@H]2NC(=O)c1cc(C(=O)NCc2ccc3oc(C)nc3c2)nc2ncnn12. The topological polar surface area (TPSA) is 154 Å². The van der Waals surface area contributed by atoms with Crippen LogP contribution >= 0.6 is 0 Å². The Labute approximate surface area is 239 Å². The van der Waals surface area contributed by atoms with Gasteiger partial charge in [0.05, 0.1) is 11.6 Å². The molecular weight excluding hydrogens is 538 g/mol. The van der Waals surface area contributed by atoms with Gasteiger partial charge in [-0.3, -0.25) is 9.59 Å². The van der Waals surface area contributed by atoms with Gasteiger partial charge in [-0.2, -0.15) is 14.6 Å². The van der Waals surface area contributed by atoms with Crippen LogP contribution in [0.1, 0.15) is 71.9 Å². The van der Waals surface area contributed by atoms with E-state index in [9.17, 15) is 14.4 Å². The van der Waals surface area contributed by atoms with E-state index in [4.69, 9.17) is 9.15 Å². The minimum atomic E-state index is -0.469. The van der Waals surface area contributed by atoms with E-state index in [1.54, 1.807) is 19.1 Å². The van der Waals surface area contributed by atoms with Gasteiger partial charge in [0, 0.05) is 19.5 Å². The molecule has 0 saturated heterocycles. The second-order valence-corrected chi connectivity index (χ2v) is 9.97. The largest absolute Gasteiger partial charge is 0.458 e. The van der Waals surface area contributed by atoms with Crippen molar-refractivity contribution in [3.8, 4) is 0 Å². The van der Waals surface area contributed by atoms with E-state index in [1.807, 2.05) is 25.1 Å². The number of hydrogen-bond acceptors (Lipinski definition) is 9. The first-order valence-electron chi connectivity index (χ1n) is 13.4. The Morgan fingerprint density at radius 1 is 1.14 bits per heavy atom. The third kappa shape index (κ3) is 4.98. The number of amides is 2. The predicted octanol–water partition coefficient (Wildman–Crippen LogP) is 3.57. The summed E-state index contributed by atoms with van der Waals surface area (Å²) in [6.45, 7) is 7.58. The van der Waals surface area contributed by atoms with Crippen molar-refractivity contribution in [3.63, 3.8) is 0 Å². The second kappa shape index (κ2) is 10.9. The lowest BCUT2D eigenvalue weighted by atomic mass is 9.98. The molecular formula is C30H27N7O5. The molecule has 212 valence electrons. The van der Waals surface area contributed by atoms with Crippen molar-refractivity contribution in [2.45, 2.75) is 39.3 Å². The molecule has 0 bridgehead atoms. The van der Waals surface area contributed by atoms with E-state index in [0.29, 0.717) is 35.4 Å². The smallest absolute Gasteiger partial charge is 0.338 e. The van der Waals surface area contributed by atoms with E-state index in [1.165, 1.54) is 23.0 Å². The number of carbonyl (C=O) groups is 3. The third-order valence-electron chi connectivity index (χ3n) is 7.28. The number of oxazole rings is 1. The monoisotopic (exact) mass is 565 g/mol. The number of hydrogen-bond donors (Lipinski definition) is 2. The Hall–Kier alpha value is -5.39. The maximum absolute atomic E-state index is 13.5. The van der Waals surface area contributed by atoms with Crippen molar-refractivity contribution in [3.05, 3.63) is 100 Å². The molecule has 12 heteroatoms. The molecule has 0 spiro atoms. The highest BCUT2D eigenvalue weighted by molar-refractivity contribution is 5.98. The van der Waals surface area contributed by atoms with Crippen LogP contribution in [0.4, 0.5) is 0 Å². The van der Waals surface area contributed by atoms with Crippen LogP contribution in [0.25, 0.3) is 16.9 Å². The van der Waals surface area contributed by atoms with Gasteiger partial charge in [-0.25, -0.2) is 14.8 Å². The minimum Gasteiger partial charge on any atom is -0.458 e. The molecule has 6 rings (SSSR count). The summed E-state index contributed by atoms with van der Waals surface area (Å²) < 4.78 is 12.0. The highest BCUT2D eigenvalue weighted by Gasteiger charge is 2.29. The Bertz CT molecular complexity index is 1890. The van der Waals surface area contributed by atoms with E-state index in [-0.39, 0.29) is 36.4 Å². The van der Waals surface area contributed by atoms with Gasteiger partial charge in [-0.1, -0.05) is 24.8 Å². The zero-order valence-electron chi connectivity index (χ0n) is 23.0. The van der Waals surface area contributed by atoms with Gasteiger partial charge < -0.3 is 19.8 Å². The third-order valence-corrected chi connectivity index (χ3v) is 7.28. The first-order valence-corrected chi connectivity index (χ1v) is 13.4. The van der Waals surface area contributed by atoms with Crippen molar-refractivity contribution < 1.29 is 23.5 Å². The van der Waals surface area contributed by atoms with Crippen LogP contribution in [0, 0.1) is 13.8 Å². The molecule has 42 heavy (non-hydrogen) atoms. The number of nitrogens with one attached hydrogen (secondary N) is 2. The molecule has 1 aliphatic rings. The number of rotatable bonds is 8. The number of carbonyl (C=O) groups excluding carboxylic acids is 3. The van der Waals surface area contributed by atoms with Gasteiger partial charge in [0.25, 0.3) is 17.6 Å². The first kappa shape index (κ1) is 26.8. The molecule has 0 unspecified atom stereocenters. The molecule has 2 N–H and O–H groups in total. The lowest BCUT2D eigenvalue weighted by Crippen LogP contribution is -2.30. The number of fused-ring (bicyclic) bond motifs is 3. The molecule has 1 aliphatic carbocycles. The van der Waals surface area contributed by atoms with E-state index in [0.717, 1.165) is 22.3 Å². The summed E-state index contributed by atoms with van der Waals surface area (Å²) in [5.41, 5.74) is 5.62. The molecule has 12 nitrogen and oxygen atoms in total. The van der Waals surface area contributed by atoms with Gasteiger partial charge in [-0.15, -0.1) is 0 Å². The lowest BCUT2D eigenvalue weighted by Gasteiger charge is -2.16. The van der Waals surface area contributed by atoms with Gasteiger partial charge in [0.2, 0.25) is 0 Å². The highest BCUT2D eigenvalue weighted by atomic mass is 16.5. The molecule has 3 aromatic heterocycles. The zero-order valence-corrected chi connectivity index (χ0v) is 23.0. The predicted molar refractivity (Wildman–Crippen MR) is 151 cm³/mol. The van der Waals surface area contributed by atoms with Crippen molar-refractivity contribution in [2.24, 2.45) is 0 Å². The lowest BCUT2D eigenvalue weighted by molar-refractivity contribution is 0.0548. The molecule has 0 aliphatic heterocycles. The number of benzene rings is 2. The van der Waals surface area contributed by atoms with Gasteiger partial charge in [0.15, 0.2) is 11.5 Å². The van der Waals surface area contributed by atoms with Gasteiger partial charge in [0.1, 0.15) is 29.8 Å². The van der Waals surface area contributed by atoms with E-state index < -0.39 is 17.8 Å². The average molecular weight is 566 g/mol. The standard InChI is InChI=1S/C30H27N7O5/c1-4-11-41-29(40)20-6-7-21-19(16(20)2)8-9-22(21)35-28(39)25-13-24(36-30-32-15-33-37(25)30)27(38)31-14-18-5-10-26-23(12-18)34-17(3)42-26/h4-7,10,12-13,15,22H,1,8-9,11,14H2,2-3H3,(H,31,38)(H,35,39)/t22-/m0/s1. The van der Waals surface area contributed by atoms with Crippen molar-refractivity contribution >= 4 is 34.7 Å². The van der Waals surface area contributed by atoms with Crippen LogP contribution in [0.3, 0.4) is 0 Å². The van der Waals surface area contributed by atoms with Crippen LogP contribution < -0.4 is 10.6 Å². The van der Waals surface area contributed by atoms with Crippen LogP contribution in [0.2, 0.25) is 0 Å². The van der Waals surface area contributed by atoms with E-state index >= 15 is 0 Å². The summed E-state index contributed by atoms with van der Waals surface area (Å²) in [5.74, 6) is -0.625. The van der Waals surface area contributed by atoms with Crippen LogP contribution in [0.5, 0.6) is 0 Å². The number of aromatic nitrogens is 5. The van der Waals surface area contributed by atoms with Crippen LogP contribution in [0.15, 0.2) is 59.8 Å². The van der Waals surface area contributed by atoms with E-state index in [2.05, 4.69) is 37.3 Å². The number of esters is 1. The maximum atomic E-state index is 13.5. The summed E-state index contributed by atoms with van der Waals surface area (Å²) in [6.07, 6.45) is 4.14. The van der Waals surface area contributed by atoms with Crippen LogP contribution in [-0.2, 0) is 17.7 Å². The second-order valence-electron chi connectivity index (χ2n) is 9.97. The highest BCUT2D eigenvalue weighted by Crippen LogP contribution is 2.35. The number of aryl methyl sites for hydroxylation is 1. The molecule has 1 atom stereocenters. The zero-order chi connectivity index (χ0) is 29.4. The summed E-state index contributed by atoms with van der Waals surface area (Å²) >= 11 is 0. The fourth-order valence-electron chi connectivity index (χ4n) is 5.26. The number of ether oxygens (including phenoxy) is 1. The summed E-state index contributed by atoms with van der Waals surface area (Å²) in [7, 11) is 0.